The number of thiazole rings is 1. The van der Waals surface area contributed by atoms with Gasteiger partial charge in [-0.1, -0.05) is 60.7 Å². The van der Waals surface area contributed by atoms with Gasteiger partial charge in [-0.25, -0.2) is 14.8 Å². The van der Waals surface area contributed by atoms with Crippen LogP contribution in [0.25, 0.3) is 33.1 Å². The van der Waals surface area contributed by atoms with Crippen molar-refractivity contribution in [2.45, 2.75) is 25.9 Å². The molecule has 2 aromatic heterocycles. The highest BCUT2D eigenvalue weighted by Crippen LogP contribution is 2.37. The van der Waals surface area contributed by atoms with Crippen LogP contribution in [-0.2, 0) is 17.8 Å². The van der Waals surface area contributed by atoms with E-state index in [4.69, 9.17) is 9.72 Å². The maximum Gasteiger partial charge on any atom is 0.339 e. The predicted molar refractivity (Wildman–Crippen MR) is 152 cm³/mol. The molecule has 0 unspecified atom stereocenters. The monoisotopic (exact) mass is 533 g/mol. The molecular formula is C31H23N3O4S. The molecule has 0 amide bonds. The molecule has 3 aromatic carbocycles. The molecule has 8 heteroatoms. The Labute approximate surface area is 228 Å². The Morgan fingerprint density at radius 2 is 1.85 bits per heavy atom. The highest BCUT2D eigenvalue weighted by Gasteiger charge is 2.26. The molecule has 0 saturated heterocycles. The van der Waals surface area contributed by atoms with Crippen LogP contribution in [0, 0.1) is 10.1 Å². The van der Waals surface area contributed by atoms with Crippen LogP contribution in [0.1, 0.15) is 44.9 Å². The van der Waals surface area contributed by atoms with Gasteiger partial charge in [-0.05, 0) is 48.1 Å². The third-order valence-electron chi connectivity index (χ3n) is 6.72. The fraction of sp³-hybridized carbons (Fsp3) is 0.129. The second-order valence-electron chi connectivity index (χ2n) is 9.28. The van der Waals surface area contributed by atoms with Gasteiger partial charge in [0.1, 0.15) is 11.6 Å². The maximum absolute atomic E-state index is 13.6. The summed E-state index contributed by atoms with van der Waals surface area (Å²) < 4.78 is 5.84. The maximum atomic E-state index is 13.6. The van der Waals surface area contributed by atoms with Gasteiger partial charge in [-0.3, -0.25) is 10.1 Å². The van der Waals surface area contributed by atoms with Gasteiger partial charge in [0.2, 0.25) is 0 Å². The Morgan fingerprint density at radius 3 is 2.69 bits per heavy atom. The zero-order valence-electron chi connectivity index (χ0n) is 20.9. The van der Waals surface area contributed by atoms with E-state index in [9.17, 15) is 14.9 Å². The highest BCUT2D eigenvalue weighted by molar-refractivity contribution is 7.15. The first-order valence-corrected chi connectivity index (χ1v) is 13.4. The van der Waals surface area contributed by atoms with Crippen molar-refractivity contribution in [2.75, 3.05) is 0 Å². The summed E-state index contributed by atoms with van der Waals surface area (Å²) in [6, 6.07) is 24.0. The predicted octanol–water partition coefficient (Wildman–Crippen LogP) is 7.50. The minimum Gasteiger partial charge on any atom is -0.456 e. The summed E-state index contributed by atoms with van der Waals surface area (Å²) in [5.74, 6) is -0.392. The Hall–Kier alpha value is -4.69. The van der Waals surface area contributed by atoms with Crippen molar-refractivity contribution in [1.29, 1.82) is 0 Å². The lowest BCUT2D eigenvalue weighted by atomic mass is 9.86. The van der Waals surface area contributed by atoms with Crippen LogP contribution in [0.2, 0.25) is 0 Å². The molecule has 2 heterocycles. The number of carbonyl (C=O) groups excluding carboxylic acids is 1. The van der Waals surface area contributed by atoms with E-state index in [2.05, 4.69) is 4.98 Å². The first kappa shape index (κ1) is 24.6. The number of nitro groups is 1. The van der Waals surface area contributed by atoms with Crippen molar-refractivity contribution in [3.8, 4) is 10.6 Å². The Kier molecular flexibility index (Phi) is 6.69. The smallest absolute Gasteiger partial charge is 0.339 e. The summed E-state index contributed by atoms with van der Waals surface area (Å²) in [5.41, 5.74) is 5.59. The molecule has 6 rings (SSSR count). The Balaban J connectivity index is 1.34. The second kappa shape index (κ2) is 10.6. The molecule has 0 N–H and O–H groups in total. The molecule has 7 nitrogen and oxygen atoms in total. The van der Waals surface area contributed by atoms with Crippen molar-refractivity contribution in [2.24, 2.45) is 0 Å². The van der Waals surface area contributed by atoms with Crippen LogP contribution < -0.4 is 0 Å². The molecule has 0 radical (unpaired) electrons. The molecule has 0 bridgehead atoms. The molecule has 1 aliphatic carbocycles. The van der Waals surface area contributed by atoms with E-state index in [1.54, 1.807) is 18.3 Å². The molecule has 0 saturated carbocycles. The average Bonchev–Trinajstić information content (AvgIpc) is 3.45. The molecule has 0 atom stereocenters. The minimum absolute atomic E-state index is 0.0367. The molecule has 39 heavy (non-hydrogen) atoms. The van der Waals surface area contributed by atoms with E-state index in [0.717, 1.165) is 56.1 Å². The van der Waals surface area contributed by atoms with Gasteiger partial charge in [0.15, 0.2) is 0 Å². The number of aromatic nitrogens is 2. The van der Waals surface area contributed by atoms with Gasteiger partial charge in [-0.2, -0.15) is 0 Å². The number of esters is 1. The summed E-state index contributed by atoms with van der Waals surface area (Å²) in [4.78, 5) is 34.8. The van der Waals surface area contributed by atoms with Crippen LogP contribution in [0.15, 0.2) is 85.1 Å². The number of benzene rings is 3. The largest absolute Gasteiger partial charge is 0.456 e. The third kappa shape index (κ3) is 5.06. The lowest BCUT2D eigenvalue weighted by molar-refractivity contribution is -0.384. The number of pyridine rings is 1. The van der Waals surface area contributed by atoms with Gasteiger partial charge < -0.3 is 4.74 Å². The molecule has 0 fully saturated rings. The van der Waals surface area contributed by atoms with Gasteiger partial charge >= 0.3 is 5.97 Å². The van der Waals surface area contributed by atoms with Crippen LogP contribution >= 0.6 is 11.3 Å². The van der Waals surface area contributed by atoms with Crippen molar-refractivity contribution >= 4 is 45.5 Å². The zero-order valence-corrected chi connectivity index (χ0v) is 21.7. The van der Waals surface area contributed by atoms with Crippen molar-refractivity contribution < 1.29 is 14.5 Å². The molecule has 192 valence electrons. The highest BCUT2D eigenvalue weighted by atomic mass is 32.1. The number of fused-ring (bicyclic) bond motifs is 2. The number of hydrogen-bond donors (Lipinski definition) is 0. The van der Waals surface area contributed by atoms with Crippen molar-refractivity contribution in [3.63, 3.8) is 0 Å². The minimum atomic E-state index is -0.400. The van der Waals surface area contributed by atoms with Crippen LogP contribution in [0.5, 0.6) is 0 Å². The van der Waals surface area contributed by atoms with Gasteiger partial charge in [0.25, 0.3) is 5.69 Å². The average molecular weight is 534 g/mol. The van der Waals surface area contributed by atoms with Gasteiger partial charge in [0, 0.05) is 29.3 Å². The lowest BCUT2D eigenvalue weighted by Crippen LogP contribution is -2.15. The number of nitro benzene ring substituents is 1. The lowest BCUT2D eigenvalue weighted by Gasteiger charge is -2.22. The van der Waals surface area contributed by atoms with Crippen LogP contribution in [0.4, 0.5) is 5.69 Å². The molecule has 0 spiro atoms. The number of para-hydroxylation sites is 1. The van der Waals surface area contributed by atoms with E-state index in [0.29, 0.717) is 17.5 Å². The Morgan fingerprint density at radius 1 is 1.03 bits per heavy atom. The number of ether oxygens (including phenoxy) is 1. The standard InChI is InChI=1S/C31H23N3O4S/c35-31(38-19-24-18-32-30(39-24)21-9-2-1-3-10-21)28-25-13-4-5-15-27(25)33-29-22(11-7-14-26(28)29)16-20-8-6-12-23(17-20)34(36)37/h1-6,8-10,12-13,15-18H,7,11,14,19H2/b22-16-. The van der Waals surface area contributed by atoms with Gasteiger partial charge in [0.05, 0.1) is 26.6 Å². The molecular weight excluding hydrogens is 510 g/mol. The van der Waals surface area contributed by atoms with E-state index >= 15 is 0 Å². The van der Waals surface area contributed by atoms with E-state index < -0.39 is 10.9 Å². The quantitative estimate of drug-likeness (QED) is 0.127. The second-order valence-corrected chi connectivity index (χ2v) is 10.4. The third-order valence-corrected chi connectivity index (χ3v) is 7.74. The number of nitrogens with zero attached hydrogens (tertiary/aromatic N) is 3. The summed E-state index contributed by atoms with van der Waals surface area (Å²) in [5, 5.41) is 12.9. The van der Waals surface area contributed by atoms with E-state index in [1.165, 1.54) is 17.4 Å². The molecule has 1 aliphatic rings. The summed E-state index contributed by atoms with van der Waals surface area (Å²) in [6.45, 7) is 0.130. The van der Waals surface area contributed by atoms with Crippen LogP contribution in [0.3, 0.4) is 0 Å². The fourth-order valence-electron chi connectivity index (χ4n) is 4.93. The number of hydrogen-bond acceptors (Lipinski definition) is 7. The summed E-state index contributed by atoms with van der Waals surface area (Å²) >= 11 is 1.50. The van der Waals surface area contributed by atoms with Crippen LogP contribution in [-0.4, -0.2) is 20.9 Å². The number of non-ortho nitro benzene ring substituents is 1. The summed E-state index contributed by atoms with van der Waals surface area (Å²) in [6.07, 6.45) is 5.98. The summed E-state index contributed by atoms with van der Waals surface area (Å²) in [7, 11) is 0. The van der Waals surface area contributed by atoms with Crippen molar-refractivity contribution in [1.82, 2.24) is 9.97 Å². The topological polar surface area (TPSA) is 95.2 Å². The first-order valence-electron chi connectivity index (χ1n) is 12.6. The van der Waals surface area contributed by atoms with Gasteiger partial charge in [-0.15, -0.1) is 11.3 Å². The fourth-order valence-corrected chi connectivity index (χ4v) is 5.77. The number of rotatable bonds is 6. The van der Waals surface area contributed by atoms with Crippen molar-refractivity contribution in [3.05, 3.63) is 122 Å². The Bertz CT molecular complexity index is 1740. The normalized spacial score (nSPS) is 13.8. The number of allylic oxidation sites excluding steroid dienone is 1. The molecule has 0 aliphatic heterocycles. The SMILES string of the molecule is O=C(OCc1cnc(-c2ccccc2)s1)c1c2c(nc3ccccc13)/C(=C\c1cccc([N+](=O)[O-])c1)CCC2. The van der Waals surface area contributed by atoms with E-state index in [1.807, 2.05) is 66.7 Å². The first-order chi connectivity index (χ1) is 19.1. The van der Waals surface area contributed by atoms with E-state index in [-0.39, 0.29) is 12.3 Å². The zero-order chi connectivity index (χ0) is 26.8. The molecule has 5 aromatic rings. The number of carbonyl (C=O) groups is 1.